The molecule has 0 saturated carbocycles. The van der Waals surface area contributed by atoms with Gasteiger partial charge in [0.25, 0.3) is 5.91 Å². The highest BCUT2D eigenvalue weighted by Gasteiger charge is 2.28. The predicted octanol–water partition coefficient (Wildman–Crippen LogP) is 1.76. The summed E-state index contributed by atoms with van der Waals surface area (Å²) in [4.78, 5) is 42.9. The van der Waals surface area contributed by atoms with Crippen LogP contribution >= 0.6 is 11.3 Å². The molecule has 2 aliphatic heterocycles. The number of urea groups is 1. The molecule has 0 aliphatic carbocycles. The third-order valence-corrected chi connectivity index (χ3v) is 5.96. The maximum atomic E-state index is 12.8. The number of piperazine rings is 1. The molecular formula is C20H22N4O3S. The molecule has 8 heteroatoms. The van der Waals surface area contributed by atoms with Gasteiger partial charge in [-0.15, -0.1) is 11.3 Å². The second-order valence-corrected chi connectivity index (χ2v) is 8.02. The van der Waals surface area contributed by atoms with Gasteiger partial charge in [0.15, 0.2) is 0 Å². The summed E-state index contributed by atoms with van der Waals surface area (Å²) in [6.07, 6.45) is 0. The fourth-order valence-corrected chi connectivity index (χ4v) is 4.21. The highest BCUT2D eigenvalue weighted by molar-refractivity contribution is 7.09. The number of hydrogen-bond acceptors (Lipinski definition) is 5. The van der Waals surface area contributed by atoms with E-state index in [1.165, 1.54) is 9.78 Å². The van der Waals surface area contributed by atoms with E-state index < -0.39 is 0 Å². The third kappa shape index (κ3) is 4.07. The molecule has 1 N–H and O–H groups in total. The summed E-state index contributed by atoms with van der Waals surface area (Å²) in [6, 6.07) is 11.0. The number of imide groups is 1. The van der Waals surface area contributed by atoms with E-state index in [9.17, 15) is 14.4 Å². The fourth-order valence-electron chi connectivity index (χ4n) is 3.47. The summed E-state index contributed by atoms with van der Waals surface area (Å²) >= 11 is 1.76. The highest BCUT2D eigenvalue weighted by Crippen LogP contribution is 2.16. The second kappa shape index (κ2) is 8.12. The maximum Gasteiger partial charge on any atom is 0.324 e. The van der Waals surface area contributed by atoms with Crippen molar-refractivity contribution in [1.29, 1.82) is 0 Å². The topological polar surface area (TPSA) is 73.0 Å². The average molecular weight is 398 g/mol. The van der Waals surface area contributed by atoms with Gasteiger partial charge in [-0.25, -0.2) is 4.79 Å². The number of nitrogens with zero attached hydrogens (tertiary/aromatic N) is 3. The van der Waals surface area contributed by atoms with Crippen LogP contribution in [0.2, 0.25) is 0 Å². The van der Waals surface area contributed by atoms with Crippen molar-refractivity contribution < 1.29 is 14.4 Å². The fraction of sp³-hybridized carbons (Fsp3) is 0.350. The Morgan fingerprint density at radius 3 is 2.36 bits per heavy atom. The van der Waals surface area contributed by atoms with Crippen LogP contribution in [0.15, 0.2) is 41.8 Å². The molecule has 2 aliphatic rings. The van der Waals surface area contributed by atoms with Gasteiger partial charge in [0.05, 0.1) is 13.1 Å². The van der Waals surface area contributed by atoms with Crippen LogP contribution in [0.4, 0.5) is 4.79 Å². The minimum atomic E-state index is -0.370. The number of benzene rings is 1. The Morgan fingerprint density at radius 2 is 1.75 bits per heavy atom. The molecular weight excluding hydrogens is 376 g/mol. The zero-order valence-electron chi connectivity index (χ0n) is 15.5. The molecule has 7 nitrogen and oxygen atoms in total. The van der Waals surface area contributed by atoms with Gasteiger partial charge in [0.2, 0.25) is 5.91 Å². The van der Waals surface area contributed by atoms with Crippen molar-refractivity contribution in [3.05, 3.63) is 57.8 Å². The van der Waals surface area contributed by atoms with Crippen LogP contribution in [0.25, 0.3) is 0 Å². The van der Waals surface area contributed by atoms with E-state index in [1.54, 1.807) is 35.6 Å². The Balaban J connectivity index is 1.31. The molecule has 0 radical (unpaired) electrons. The lowest BCUT2D eigenvalue weighted by Gasteiger charge is -2.34. The van der Waals surface area contributed by atoms with Gasteiger partial charge in [-0.2, -0.15) is 0 Å². The molecule has 3 heterocycles. The summed E-state index contributed by atoms with van der Waals surface area (Å²) in [7, 11) is 0. The maximum absolute atomic E-state index is 12.8. The number of carbonyl (C=O) groups is 3. The zero-order chi connectivity index (χ0) is 19.5. The molecule has 28 heavy (non-hydrogen) atoms. The Labute approximate surface area is 167 Å². The Hall–Kier alpha value is -2.71. The summed E-state index contributed by atoms with van der Waals surface area (Å²) in [5.41, 5.74) is 1.45. The molecule has 1 aromatic heterocycles. The lowest BCUT2D eigenvalue weighted by molar-refractivity contribution is -0.125. The average Bonchev–Trinajstić information content (AvgIpc) is 3.34. The van der Waals surface area contributed by atoms with Crippen LogP contribution in [-0.2, 0) is 17.9 Å². The van der Waals surface area contributed by atoms with Crippen LogP contribution in [-0.4, -0.2) is 65.3 Å². The van der Waals surface area contributed by atoms with Crippen molar-refractivity contribution in [2.75, 3.05) is 32.7 Å². The van der Waals surface area contributed by atoms with E-state index >= 15 is 0 Å². The van der Waals surface area contributed by atoms with Crippen molar-refractivity contribution in [3.63, 3.8) is 0 Å². The zero-order valence-corrected chi connectivity index (χ0v) is 16.3. The number of amides is 4. The van der Waals surface area contributed by atoms with Gasteiger partial charge < -0.3 is 10.2 Å². The first-order valence-electron chi connectivity index (χ1n) is 9.31. The van der Waals surface area contributed by atoms with E-state index in [0.29, 0.717) is 18.7 Å². The number of nitrogens with one attached hydrogen (secondary N) is 1. The molecule has 4 amide bonds. The first-order chi connectivity index (χ1) is 13.6. The lowest BCUT2D eigenvalue weighted by atomic mass is 10.1. The van der Waals surface area contributed by atoms with Crippen molar-refractivity contribution in [1.82, 2.24) is 20.0 Å². The van der Waals surface area contributed by atoms with E-state index in [0.717, 1.165) is 25.2 Å². The largest absolute Gasteiger partial charge is 0.336 e. The molecule has 146 valence electrons. The first-order valence-corrected chi connectivity index (χ1v) is 10.2. The second-order valence-electron chi connectivity index (χ2n) is 6.98. The van der Waals surface area contributed by atoms with E-state index in [2.05, 4.69) is 27.7 Å². The van der Waals surface area contributed by atoms with Crippen LogP contribution < -0.4 is 5.32 Å². The summed E-state index contributed by atoms with van der Waals surface area (Å²) in [5.74, 6) is -0.206. The van der Waals surface area contributed by atoms with Crippen molar-refractivity contribution in [2.45, 2.75) is 13.1 Å². The third-order valence-electron chi connectivity index (χ3n) is 5.10. The van der Waals surface area contributed by atoms with Gasteiger partial charge in [-0.3, -0.25) is 19.4 Å². The molecule has 2 aromatic rings. The minimum absolute atomic E-state index is 0.0253. The monoisotopic (exact) mass is 398 g/mol. The first kappa shape index (κ1) is 18.6. The summed E-state index contributed by atoms with van der Waals surface area (Å²) in [6.45, 7) is 4.39. The Kier molecular flexibility index (Phi) is 5.40. The standard InChI is InChI=1S/C20H22N4O3S/c25-18-12-21-20(27)24(18)13-15-3-5-16(6-4-15)19(26)23-9-7-22(8-10-23)14-17-2-1-11-28-17/h1-6,11H,7-10,12-14H2,(H,21,27). The van der Waals surface area contributed by atoms with Crippen molar-refractivity contribution >= 4 is 29.2 Å². The van der Waals surface area contributed by atoms with Gasteiger partial charge in [0.1, 0.15) is 0 Å². The summed E-state index contributed by atoms with van der Waals surface area (Å²) < 4.78 is 0. The van der Waals surface area contributed by atoms with Crippen LogP contribution in [0, 0.1) is 0 Å². The highest BCUT2D eigenvalue weighted by atomic mass is 32.1. The van der Waals surface area contributed by atoms with E-state index in [4.69, 9.17) is 0 Å². The van der Waals surface area contributed by atoms with E-state index in [-0.39, 0.29) is 30.9 Å². The normalized spacial score (nSPS) is 17.9. The number of rotatable bonds is 5. The summed E-state index contributed by atoms with van der Waals surface area (Å²) in [5, 5.41) is 4.59. The SMILES string of the molecule is O=C(c1ccc(CN2C(=O)CNC2=O)cc1)N1CCN(Cc2cccs2)CC1. The molecule has 0 unspecified atom stereocenters. The molecule has 0 atom stereocenters. The number of hydrogen-bond donors (Lipinski definition) is 1. The van der Waals surface area contributed by atoms with Crippen molar-refractivity contribution in [2.24, 2.45) is 0 Å². The number of carbonyl (C=O) groups excluding carboxylic acids is 3. The molecule has 2 fully saturated rings. The van der Waals surface area contributed by atoms with Gasteiger partial charge >= 0.3 is 6.03 Å². The lowest BCUT2D eigenvalue weighted by Crippen LogP contribution is -2.48. The molecule has 2 saturated heterocycles. The van der Waals surface area contributed by atoms with E-state index in [1.807, 2.05) is 4.90 Å². The predicted molar refractivity (Wildman–Crippen MR) is 106 cm³/mol. The Morgan fingerprint density at radius 1 is 1.00 bits per heavy atom. The van der Waals surface area contributed by atoms with Gasteiger partial charge in [-0.05, 0) is 29.1 Å². The van der Waals surface area contributed by atoms with Crippen molar-refractivity contribution in [3.8, 4) is 0 Å². The van der Waals surface area contributed by atoms with Crippen LogP contribution in [0.1, 0.15) is 20.8 Å². The quantitative estimate of drug-likeness (QED) is 0.779. The smallest absolute Gasteiger partial charge is 0.324 e. The molecule has 4 rings (SSSR count). The number of thiophene rings is 1. The minimum Gasteiger partial charge on any atom is -0.336 e. The van der Waals surface area contributed by atoms with Gasteiger partial charge in [0, 0.05) is 43.2 Å². The Bertz CT molecular complexity index is 842. The van der Waals surface area contributed by atoms with Crippen LogP contribution in [0.5, 0.6) is 0 Å². The molecule has 1 aromatic carbocycles. The van der Waals surface area contributed by atoms with Crippen LogP contribution in [0.3, 0.4) is 0 Å². The molecule has 0 spiro atoms. The van der Waals surface area contributed by atoms with Gasteiger partial charge in [-0.1, -0.05) is 18.2 Å². The molecule has 0 bridgehead atoms.